The number of aromatic carboxylic acids is 1. The molecule has 9 heteroatoms. The number of carbonyl (C=O) groups excluding carboxylic acids is 1. The van der Waals surface area contributed by atoms with E-state index in [4.69, 9.17) is 9.52 Å². The lowest BCUT2D eigenvalue weighted by molar-refractivity contribution is -0.125. The van der Waals surface area contributed by atoms with Crippen LogP contribution in [-0.2, 0) is 14.8 Å². The average Bonchev–Trinajstić information content (AvgIpc) is 3.27. The number of carboxylic acids is 1. The minimum Gasteiger partial charge on any atom is -0.475 e. The van der Waals surface area contributed by atoms with E-state index in [1.165, 1.54) is 0 Å². The largest absolute Gasteiger partial charge is 0.475 e. The van der Waals surface area contributed by atoms with Crippen molar-refractivity contribution in [3.63, 3.8) is 0 Å². The summed E-state index contributed by atoms with van der Waals surface area (Å²) in [5.74, 6) is -1.69. The maximum Gasteiger partial charge on any atom is 0.371 e. The summed E-state index contributed by atoms with van der Waals surface area (Å²) in [5.41, 5.74) is 0. The lowest BCUT2D eigenvalue weighted by Crippen LogP contribution is -2.49. The molecule has 0 bridgehead atoms. The Morgan fingerprint density at radius 2 is 2.00 bits per heavy atom. The second-order valence-electron chi connectivity index (χ2n) is 6.72. The van der Waals surface area contributed by atoms with Gasteiger partial charge in [-0.15, -0.1) is 0 Å². The summed E-state index contributed by atoms with van der Waals surface area (Å²) in [5, 5.41) is 11.4. The van der Waals surface area contributed by atoms with Gasteiger partial charge < -0.3 is 14.8 Å². The van der Waals surface area contributed by atoms with Crippen LogP contribution in [0.15, 0.2) is 21.6 Å². The van der Waals surface area contributed by atoms with E-state index in [1.807, 2.05) is 0 Å². The third-order valence-electron chi connectivity index (χ3n) is 5.05. The number of carbonyl (C=O) groups is 2. The molecule has 1 amide bonds. The average molecular weight is 370 g/mol. The molecule has 0 radical (unpaired) electrons. The molecule has 1 aromatic rings. The van der Waals surface area contributed by atoms with Gasteiger partial charge in [-0.3, -0.25) is 4.79 Å². The van der Waals surface area contributed by atoms with Crippen molar-refractivity contribution in [2.45, 2.75) is 56.2 Å². The first kappa shape index (κ1) is 17.9. The number of hydrogen-bond acceptors (Lipinski definition) is 5. The highest BCUT2D eigenvalue weighted by atomic mass is 32.2. The van der Waals surface area contributed by atoms with Crippen LogP contribution in [0.2, 0.25) is 0 Å². The van der Waals surface area contributed by atoms with E-state index in [2.05, 4.69) is 12.2 Å². The van der Waals surface area contributed by atoms with Gasteiger partial charge in [-0.05, 0) is 43.7 Å². The quantitative estimate of drug-likeness (QED) is 0.810. The molecule has 1 saturated carbocycles. The van der Waals surface area contributed by atoms with Crippen LogP contribution in [0.25, 0.3) is 0 Å². The zero-order chi connectivity index (χ0) is 18.2. The number of rotatable bonds is 5. The van der Waals surface area contributed by atoms with Gasteiger partial charge in [-0.1, -0.05) is 13.3 Å². The van der Waals surface area contributed by atoms with Crippen molar-refractivity contribution in [2.24, 2.45) is 5.92 Å². The number of furan rings is 1. The Bertz CT molecular complexity index is 771. The molecular formula is C16H22N2O6S. The Balaban J connectivity index is 1.77. The molecule has 2 N–H and O–H groups in total. The predicted octanol–water partition coefficient (Wildman–Crippen LogP) is 1.44. The van der Waals surface area contributed by atoms with Gasteiger partial charge in [-0.25, -0.2) is 13.2 Å². The van der Waals surface area contributed by atoms with Crippen molar-refractivity contribution >= 4 is 21.9 Å². The van der Waals surface area contributed by atoms with Gasteiger partial charge in [0.25, 0.3) is 10.0 Å². The van der Waals surface area contributed by atoms with E-state index in [9.17, 15) is 18.0 Å². The first-order chi connectivity index (χ1) is 11.8. The molecule has 2 heterocycles. The molecule has 8 nitrogen and oxygen atoms in total. The molecule has 3 unspecified atom stereocenters. The monoisotopic (exact) mass is 370 g/mol. The Morgan fingerprint density at radius 3 is 2.60 bits per heavy atom. The first-order valence-electron chi connectivity index (χ1n) is 8.46. The van der Waals surface area contributed by atoms with Gasteiger partial charge >= 0.3 is 5.97 Å². The van der Waals surface area contributed by atoms with Crippen molar-refractivity contribution in [3.05, 3.63) is 17.9 Å². The van der Waals surface area contributed by atoms with Gasteiger partial charge in [0.15, 0.2) is 0 Å². The van der Waals surface area contributed by atoms with E-state index < -0.39 is 32.9 Å². The molecule has 1 aliphatic carbocycles. The van der Waals surface area contributed by atoms with Gasteiger partial charge in [0.2, 0.25) is 16.8 Å². The number of hydrogen-bond donors (Lipinski definition) is 2. The van der Waals surface area contributed by atoms with Gasteiger partial charge in [0, 0.05) is 12.6 Å². The maximum absolute atomic E-state index is 12.7. The molecule has 25 heavy (non-hydrogen) atoms. The molecule has 138 valence electrons. The minimum absolute atomic E-state index is 0.0832. The molecule has 0 aromatic carbocycles. The maximum atomic E-state index is 12.7. The topological polar surface area (TPSA) is 117 Å². The summed E-state index contributed by atoms with van der Waals surface area (Å²) in [7, 11) is -4.05. The van der Waals surface area contributed by atoms with Crippen LogP contribution in [0.1, 0.15) is 49.6 Å². The van der Waals surface area contributed by atoms with Crippen LogP contribution in [-0.4, -0.2) is 48.3 Å². The third kappa shape index (κ3) is 3.43. The molecule has 3 rings (SSSR count). The fourth-order valence-electron chi connectivity index (χ4n) is 3.62. The Morgan fingerprint density at radius 1 is 1.24 bits per heavy atom. The molecule has 1 aliphatic heterocycles. The lowest BCUT2D eigenvalue weighted by atomic mass is 10.1. The fourth-order valence-corrected chi connectivity index (χ4v) is 5.19. The van der Waals surface area contributed by atoms with Gasteiger partial charge in [-0.2, -0.15) is 4.31 Å². The van der Waals surface area contributed by atoms with E-state index >= 15 is 0 Å². The van der Waals surface area contributed by atoms with Crippen molar-refractivity contribution in [2.75, 3.05) is 6.54 Å². The number of nitrogens with one attached hydrogen (secondary N) is 1. The highest BCUT2D eigenvalue weighted by Gasteiger charge is 2.42. The summed E-state index contributed by atoms with van der Waals surface area (Å²) in [6.07, 6.45) is 4.04. The second kappa shape index (κ2) is 6.80. The number of carboxylic acid groups (broad SMARTS) is 1. The Kier molecular flexibility index (Phi) is 4.88. The molecule has 1 saturated heterocycles. The summed E-state index contributed by atoms with van der Waals surface area (Å²) < 4.78 is 31.5. The van der Waals surface area contributed by atoms with E-state index in [-0.39, 0.29) is 18.5 Å². The number of sulfonamides is 1. The molecular weight excluding hydrogens is 348 g/mol. The van der Waals surface area contributed by atoms with Crippen molar-refractivity contribution in [1.82, 2.24) is 9.62 Å². The van der Waals surface area contributed by atoms with Crippen LogP contribution in [0.4, 0.5) is 0 Å². The lowest BCUT2D eigenvalue weighted by Gasteiger charge is -2.25. The van der Waals surface area contributed by atoms with Crippen LogP contribution in [0.5, 0.6) is 0 Å². The minimum atomic E-state index is -4.05. The highest BCUT2D eigenvalue weighted by Crippen LogP contribution is 2.29. The zero-order valence-electron chi connectivity index (χ0n) is 14.0. The third-order valence-corrected chi connectivity index (χ3v) is 6.83. The smallest absolute Gasteiger partial charge is 0.371 e. The van der Waals surface area contributed by atoms with E-state index in [0.29, 0.717) is 18.8 Å². The number of nitrogens with zero attached hydrogens (tertiary/aromatic N) is 1. The number of amides is 1. The second-order valence-corrected chi connectivity index (χ2v) is 8.54. The zero-order valence-corrected chi connectivity index (χ0v) is 14.8. The SMILES string of the molecule is CC1CCCC1NC(=O)C1CCCN1S(=O)(=O)c1ccc(C(=O)O)o1. The van der Waals surface area contributed by atoms with Gasteiger partial charge in [0.1, 0.15) is 6.04 Å². The molecule has 3 atom stereocenters. The normalized spacial score (nSPS) is 27.5. The molecule has 2 aliphatic rings. The molecule has 2 fully saturated rings. The predicted molar refractivity (Wildman–Crippen MR) is 87.5 cm³/mol. The van der Waals surface area contributed by atoms with Crippen molar-refractivity contribution < 1.29 is 27.5 Å². The van der Waals surface area contributed by atoms with Crippen LogP contribution < -0.4 is 5.32 Å². The van der Waals surface area contributed by atoms with Crippen molar-refractivity contribution in [1.29, 1.82) is 0 Å². The van der Waals surface area contributed by atoms with Gasteiger partial charge in [0.05, 0.1) is 0 Å². The van der Waals surface area contributed by atoms with Crippen LogP contribution in [0.3, 0.4) is 0 Å². The fraction of sp³-hybridized carbons (Fsp3) is 0.625. The van der Waals surface area contributed by atoms with Crippen LogP contribution >= 0.6 is 0 Å². The Hall–Kier alpha value is -1.87. The van der Waals surface area contributed by atoms with Crippen molar-refractivity contribution in [3.8, 4) is 0 Å². The van der Waals surface area contributed by atoms with Crippen LogP contribution in [0, 0.1) is 5.92 Å². The summed E-state index contributed by atoms with van der Waals surface area (Å²) in [6, 6.07) is 1.52. The van der Waals surface area contributed by atoms with E-state index in [1.54, 1.807) is 0 Å². The summed E-state index contributed by atoms with van der Waals surface area (Å²) >= 11 is 0. The van der Waals surface area contributed by atoms with E-state index in [0.717, 1.165) is 35.7 Å². The molecule has 1 aromatic heterocycles. The summed E-state index contributed by atoms with van der Waals surface area (Å²) in [4.78, 5) is 23.5. The Labute approximate surface area is 146 Å². The highest BCUT2D eigenvalue weighted by molar-refractivity contribution is 7.89. The molecule has 0 spiro atoms. The standard InChI is InChI=1S/C16H22N2O6S/c1-10-4-2-5-11(10)17-15(19)12-6-3-9-18(12)25(22,23)14-8-7-13(24-14)16(20)21/h7-8,10-12H,2-6,9H2,1H3,(H,17,19)(H,20,21). The first-order valence-corrected chi connectivity index (χ1v) is 9.90. The summed E-state index contributed by atoms with van der Waals surface area (Å²) in [6.45, 7) is 2.29.